The Kier molecular flexibility index (Phi) is 4.02. The highest BCUT2D eigenvalue weighted by Gasteiger charge is 2.33. The van der Waals surface area contributed by atoms with Crippen LogP contribution in [0.1, 0.15) is 55.4 Å². The molecule has 0 saturated heterocycles. The van der Waals surface area contributed by atoms with Crippen LogP contribution < -0.4 is 0 Å². The smallest absolute Gasteiger partial charge is 0.00446 e. The molecule has 0 fully saturated rings. The van der Waals surface area contributed by atoms with Crippen molar-refractivity contribution in [2.45, 2.75) is 55.4 Å². The molecule has 0 heterocycles. The van der Waals surface area contributed by atoms with E-state index < -0.39 is 0 Å². The van der Waals surface area contributed by atoms with Crippen LogP contribution in [0.25, 0.3) is 0 Å². The lowest BCUT2D eigenvalue weighted by Gasteiger charge is -2.39. The molecule has 0 nitrogen and oxygen atoms in total. The lowest BCUT2D eigenvalue weighted by molar-refractivity contribution is 0.190. The number of rotatable bonds is 4. The Morgan fingerprint density at radius 1 is 0.692 bits per heavy atom. The first-order valence-electron chi connectivity index (χ1n) is 5.39. The number of hydrogen-bond donors (Lipinski definition) is 0. The van der Waals surface area contributed by atoms with Gasteiger partial charge in [0.05, 0.1) is 0 Å². The maximum atomic E-state index is 3.73. The SMILES string of the molecule is CC(C)C(C)(C)[C]C(C)(C)C(C)C. The van der Waals surface area contributed by atoms with E-state index in [9.17, 15) is 0 Å². The van der Waals surface area contributed by atoms with Crippen molar-refractivity contribution in [1.82, 2.24) is 0 Å². The maximum Gasteiger partial charge on any atom is -0.00446 e. The molecule has 0 bridgehead atoms. The van der Waals surface area contributed by atoms with Crippen molar-refractivity contribution in [3.05, 3.63) is 6.42 Å². The fraction of sp³-hybridized carbons (Fsp3) is 0.923. The first kappa shape index (κ1) is 13.0. The molecule has 0 atom stereocenters. The fourth-order valence-electron chi connectivity index (χ4n) is 1.12. The van der Waals surface area contributed by atoms with Crippen molar-refractivity contribution in [3.63, 3.8) is 0 Å². The highest BCUT2D eigenvalue weighted by Crippen LogP contribution is 2.41. The zero-order chi connectivity index (χ0) is 10.9. The Morgan fingerprint density at radius 3 is 1.08 bits per heavy atom. The van der Waals surface area contributed by atoms with Crippen molar-refractivity contribution < 1.29 is 0 Å². The van der Waals surface area contributed by atoms with Crippen LogP contribution in [0.3, 0.4) is 0 Å². The Balaban J connectivity index is 4.42. The molecule has 0 aliphatic carbocycles. The largest absolute Gasteiger partial charge is 0.0622 e. The molecule has 2 radical (unpaired) electrons. The summed E-state index contributed by atoms with van der Waals surface area (Å²) in [6.07, 6.45) is 3.73. The molecule has 0 heteroatoms. The van der Waals surface area contributed by atoms with Gasteiger partial charge in [-0.2, -0.15) is 0 Å². The van der Waals surface area contributed by atoms with Gasteiger partial charge in [0.15, 0.2) is 0 Å². The average Bonchev–Trinajstić information content (AvgIpc) is 1.83. The molecule has 0 aromatic rings. The van der Waals surface area contributed by atoms with Gasteiger partial charge in [-0.15, -0.1) is 0 Å². The zero-order valence-electron chi connectivity index (χ0n) is 10.7. The molecule has 0 spiro atoms. The summed E-state index contributed by atoms with van der Waals surface area (Å²) in [5.41, 5.74) is 0.432. The van der Waals surface area contributed by atoms with Crippen molar-refractivity contribution in [1.29, 1.82) is 0 Å². The van der Waals surface area contributed by atoms with E-state index in [0.29, 0.717) is 11.8 Å². The summed E-state index contributed by atoms with van der Waals surface area (Å²) in [6.45, 7) is 18.2. The molecule has 13 heavy (non-hydrogen) atoms. The highest BCUT2D eigenvalue weighted by molar-refractivity contribution is 4.98. The van der Waals surface area contributed by atoms with Gasteiger partial charge in [0.1, 0.15) is 0 Å². The second-order valence-corrected chi connectivity index (χ2v) is 5.88. The van der Waals surface area contributed by atoms with Crippen molar-refractivity contribution in [3.8, 4) is 0 Å². The second kappa shape index (κ2) is 4.02. The predicted molar refractivity (Wildman–Crippen MR) is 60.5 cm³/mol. The van der Waals surface area contributed by atoms with Gasteiger partial charge in [-0.1, -0.05) is 55.4 Å². The van der Waals surface area contributed by atoms with Crippen LogP contribution in [-0.4, -0.2) is 0 Å². The van der Waals surface area contributed by atoms with E-state index in [1.807, 2.05) is 0 Å². The van der Waals surface area contributed by atoms with Gasteiger partial charge < -0.3 is 0 Å². The minimum absolute atomic E-state index is 0.216. The third kappa shape index (κ3) is 3.70. The summed E-state index contributed by atoms with van der Waals surface area (Å²) in [4.78, 5) is 0. The van der Waals surface area contributed by atoms with E-state index >= 15 is 0 Å². The molecule has 78 valence electrons. The molecule has 0 unspecified atom stereocenters. The topological polar surface area (TPSA) is 0 Å². The lowest BCUT2D eigenvalue weighted by atomic mass is 9.65. The van der Waals surface area contributed by atoms with Gasteiger partial charge in [-0.3, -0.25) is 0 Å². The zero-order valence-corrected chi connectivity index (χ0v) is 10.7. The minimum atomic E-state index is 0.216. The van der Waals surface area contributed by atoms with E-state index in [4.69, 9.17) is 0 Å². The van der Waals surface area contributed by atoms with E-state index in [0.717, 1.165) is 0 Å². The monoisotopic (exact) mass is 182 g/mol. The maximum absolute atomic E-state index is 3.73. The third-order valence-corrected chi connectivity index (χ3v) is 3.53. The van der Waals surface area contributed by atoms with Gasteiger partial charge in [0.2, 0.25) is 0 Å². The quantitative estimate of drug-likeness (QED) is 0.603. The van der Waals surface area contributed by atoms with Crippen molar-refractivity contribution in [2.75, 3.05) is 0 Å². The third-order valence-electron chi connectivity index (χ3n) is 3.53. The number of hydrogen-bond acceptors (Lipinski definition) is 0. The molecule has 0 saturated carbocycles. The lowest BCUT2D eigenvalue weighted by Crippen LogP contribution is -2.31. The van der Waals surface area contributed by atoms with Crippen LogP contribution in [0.15, 0.2) is 0 Å². The molecule has 0 aliphatic heterocycles. The molecule has 0 aromatic heterocycles. The minimum Gasteiger partial charge on any atom is -0.0622 e. The summed E-state index contributed by atoms with van der Waals surface area (Å²) in [5, 5.41) is 0. The van der Waals surface area contributed by atoms with Crippen LogP contribution in [0.5, 0.6) is 0 Å². The van der Waals surface area contributed by atoms with Gasteiger partial charge in [0, 0.05) is 0 Å². The first-order chi connectivity index (χ1) is 5.59. The molecular weight excluding hydrogens is 156 g/mol. The molecule has 0 amide bonds. The van der Waals surface area contributed by atoms with Gasteiger partial charge >= 0.3 is 0 Å². The highest BCUT2D eigenvalue weighted by atomic mass is 14.4. The van der Waals surface area contributed by atoms with Crippen LogP contribution in [0.4, 0.5) is 0 Å². The van der Waals surface area contributed by atoms with E-state index in [1.54, 1.807) is 0 Å². The van der Waals surface area contributed by atoms with E-state index in [1.165, 1.54) is 0 Å². The Morgan fingerprint density at radius 2 is 0.923 bits per heavy atom. The fourth-order valence-corrected chi connectivity index (χ4v) is 1.12. The van der Waals surface area contributed by atoms with E-state index in [-0.39, 0.29) is 10.8 Å². The van der Waals surface area contributed by atoms with Gasteiger partial charge in [0.25, 0.3) is 0 Å². The van der Waals surface area contributed by atoms with E-state index in [2.05, 4.69) is 61.8 Å². The molecule has 0 N–H and O–H groups in total. The molecule has 0 aliphatic rings. The summed E-state index contributed by atoms with van der Waals surface area (Å²) in [7, 11) is 0. The summed E-state index contributed by atoms with van der Waals surface area (Å²) in [6, 6.07) is 0. The Bertz CT molecular complexity index is 131. The Hall–Kier alpha value is 0. The predicted octanol–water partition coefficient (Wildman–Crippen LogP) is 4.43. The molecule has 0 aromatic carbocycles. The van der Waals surface area contributed by atoms with Crippen molar-refractivity contribution >= 4 is 0 Å². The standard InChI is InChI=1S/C13H26/c1-10(2)12(5,6)9-13(7,8)11(3)4/h10-11H,1-8H3. The normalized spacial score (nSPS) is 14.3. The average molecular weight is 182 g/mol. The summed E-state index contributed by atoms with van der Waals surface area (Å²) >= 11 is 0. The van der Waals surface area contributed by atoms with Crippen LogP contribution in [0.2, 0.25) is 0 Å². The molecule has 0 rings (SSSR count). The first-order valence-corrected chi connectivity index (χ1v) is 5.39. The van der Waals surface area contributed by atoms with Crippen LogP contribution in [-0.2, 0) is 0 Å². The van der Waals surface area contributed by atoms with Gasteiger partial charge in [-0.05, 0) is 29.1 Å². The molecular formula is C13H26. The Labute approximate surface area is 85.1 Å². The van der Waals surface area contributed by atoms with Gasteiger partial charge in [-0.25, -0.2) is 0 Å². The van der Waals surface area contributed by atoms with Crippen LogP contribution >= 0.6 is 0 Å². The second-order valence-electron chi connectivity index (χ2n) is 5.88. The van der Waals surface area contributed by atoms with Crippen LogP contribution in [0, 0.1) is 29.1 Å². The summed E-state index contributed by atoms with van der Waals surface area (Å²) in [5.74, 6) is 1.32. The summed E-state index contributed by atoms with van der Waals surface area (Å²) < 4.78 is 0. The van der Waals surface area contributed by atoms with Crippen molar-refractivity contribution in [2.24, 2.45) is 22.7 Å².